The summed E-state index contributed by atoms with van der Waals surface area (Å²) in [5.74, 6) is 1.40. The predicted molar refractivity (Wildman–Crippen MR) is 246 cm³/mol. The van der Waals surface area contributed by atoms with E-state index >= 15 is 0 Å². The molecule has 13 rings (SSSR count). The smallest absolute Gasteiger partial charge is 0.240 e. The van der Waals surface area contributed by atoms with Crippen LogP contribution in [0, 0.1) is 5.92 Å². The Morgan fingerprint density at radius 3 is 1.57 bits per heavy atom. The van der Waals surface area contributed by atoms with E-state index in [0.29, 0.717) is 17.8 Å². The average Bonchev–Trinajstić information content (AvgIpc) is 4.02. The second-order valence-corrected chi connectivity index (χ2v) is 16.2. The molecule has 0 radical (unpaired) electrons. The van der Waals surface area contributed by atoms with E-state index in [2.05, 4.69) is 201 Å². The maximum absolute atomic E-state index is 7.14. The van der Waals surface area contributed by atoms with Crippen LogP contribution in [0.1, 0.15) is 18.4 Å². The Morgan fingerprint density at radius 1 is 0.467 bits per heavy atom. The largest absolute Gasteiger partial charge is 0.311 e. The highest BCUT2D eigenvalue weighted by atomic mass is 35.5. The number of aromatic nitrogens is 6. The van der Waals surface area contributed by atoms with Crippen molar-refractivity contribution in [1.29, 1.82) is 0 Å². The molecule has 4 aromatic heterocycles. The molecule has 0 spiro atoms. The highest BCUT2D eigenvalue weighted by molar-refractivity contribution is 6.28. The number of nitrogens with zero attached hydrogens (tertiary/aromatic N) is 7. The molecular weight excluding hydrogens is 758 g/mol. The van der Waals surface area contributed by atoms with E-state index in [1.165, 1.54) is 16.6 Å². The van der Waals surface area contributed by atoms with Crippen molar-refractivity contribution in [3.05, 3.63) is 192 Å². The molecule has 7 nitrogen and oxygen atoms in total. The molecule has 0 fully saturated rings. The number of anilines is 2. The lowest BCUT2D eigenvalue weighted by atomic mass is 9.83. The molecule has 0 amide bonds. The van der Waals surface area contributed by atoms with Gasteiger partial charge < -0.3 is 9.47 Å². The molecule has 0 saturated heterocycles. The third-order valence-corrected chi connectivity index (χ3v) is 12.8. The van der Waals surface area contributed by atoms with Crippen LogP contribution < -0.4 is 4.90 Å². The van der Waals surface area contributed by atoms with Gasteiger partial charge in [0.15, 0.2) is 0 Å². The first kappa shape index (κ1) is 33.5. The zero-order chi connectivity index (χ0) is 39.6. The number of para-hydroxylation sites is 5. The summed E-state index contributed by atoms with van der Waals surface area (Å²) >= 11 is 7.14. The number of benzene rings is 7. The lowest BCUT2D eigenvalue weighted by molar-refractivity contribution is 0.618. The van der Waals surface area contributed by atoms with Crippen molar-refractivity contribution in [3.8, 4) is 17.6 Å². The normalized spacial score (nSPS) is 16.2. The van der Waals surface area contributed by atoms with Crippen LogP contribution in [-0.2, 0) is 0 Å². The number of hydrogen-bond donors (Lipinski definition) is 0. The molecule has 8 heteroatoms. The summed E-state index contributed by atoms with van der Waals surface area (Å²) in [6, 6.07) is 56.0. The minimum atomic E-state index is 0.115. The summed E-state index contributed by atoms with van der Waals surface area (Å²) in [6.45, 7) is 2.31. The van der Waals surface area contributed by atoms with Crippen molar-refractivity contribution in [2.75, 3.05) is 4.90 Å². The van der Waals surface area contributed by atoms with Crippen LogP contribution in [0.4, 0.5) is 11.4 Å². The van der Waals surface area contributed by atoms with E-state index in [-0.39, 0.29) is 11.2 Å². The Kier molecular flexibility index (Phi) is 6.98. The summed E-state index contributed by atoms with van der Waals surface area (Å²) in [5, 5.41) is 6.87. The Bertz CT molecular complexity index is 3650. The molecule has 11 aromatic rings. The summed E-state index contributed by atoms with van der Waals surface area (Å²) in [7, 11) is 0. The van der Waals surface area contributed by atoms with Crippen LogP contribution in [0.2, 0.25) is 5.28 Å². The van der Waals surface area contributed by atoms with E-state index in [1.54, 1.807) is 0 Å². The molecule has 1 aliphatic carbocycles. The number of hydrogen-bond acceptors (Lipinski definition) is 4. The van der Waals surface area contributed by atoms with Gasteiger partial charge in [0.25, 0.3) is 0 Å². The molecule has 2 unspecified atom stereocenters. The molecule has 2 atom stereocenters. The molecule has 1 aliphatic heterocycles. The first-order valence-corrected chi connectivity index (χ1v) is 20.7. The second-order valence-electron chi connectivity index (χ2n) is 15.8. The van der Waals surface area contributed by atoms with Crippen molar-refractivity contribution in [1.82, 2.24) is 28.7 Å². The molecule has 2 aliphatic rings. The molecule has 0 saturated carbocycles. The summed E-state index contributed by atoms with van der Waals surface area (Å²) in [5.41, 5.74) is 12.0. The topological polar surface area (TPSA) is 56.7 Å². The van der Waals surface area contributed by atoms with Gasteiger partial charge in [-0.1, -0.05) is 134 Å². The van der Waals surface area contributed by atoms with Crippen LogP contribution in [0.3, 0.4) is 0 Å². The van der Waals surface area contributed by atoms with E-state index < -0.39 is 0 Å². The lowest BCUT2D eigenvalue weighted by Crippen LogP contribution is -2.18. The van der Waals surface area contributed by atoms with Crippen LogP contribution >= 0.6 is 11.6 Å². The van der Waals surface area contributed by atoms with E-state index in [9.17, 15) is 0 Å². The van der Waals surface area contributed by atoms with Gasteiger partial charge in [-0.3, -0.25) is 9.13 Å². The lowest BCUT2D eigenvalue weighted by Gasteiger charge is -2.27. The van der Waals surface area contributed by atoms with Gasteiger partial charge in [-0.2, -0.15) is 15.0 Å². The maximum atomic E-state index is 7.14. The molecule has 5 heterocycles. The fourth-order valence-corrected chi connectivity index (χ4v) is 10.4. The zero-order valence-corrected chi connectivity index (χ0v) is 33.2. The van der Waals surface area contributed by atoms with Gasteiger partial charge >= 0.3 is 0 Å². The highest BCUT2D eigenvalue weighted by Gasteiger charge is 2.40. The highest BCUT2D eigenvalue weighted by Crippen LogP contribution is 2.56. The van der Waals surface area contributed by atoms with Crippen molar-refractivity contribution >= 4 is 88.4 Å². The quantitative estimate of drug-likeness (QED) is 0.178. The molecule has 284 valence electrons. The minimum Gasteiger partial charge on any atom is -0.311 e. The Balaban J connectivity index is 1.15. The van der Waals surface area contributed by atoms with Gasteiger partial charge in [0.2, 0.25) is 17.2 Å². The van der Waals surface area contributed by atoms with Gasteiger partial charge in [0, 0.05) is 55.3 Å². The Labute approximate surface area is 349 Å². The Morgan fingerprint density at radius 2 is 0.950 bits per heavy atom. The minimum absolute atomic E-state index is 0.115. The number of allylic oxidation sites excluding steroid dienone is 4. The number of rotatable bonds is 4. The van der Waals surface area contributed by atoms with Crippen LogP contribution in [0.25, 0.3) is 83.0 Å². The monoisotopic (exact) mass is 791 g/mol. The zero-order valence-electron chi connectivity index (χ0n) is 32.4. The average molecular weight is 792 g/mol. The van der Waals surface area contributed by atoms with E-state index in [1.807, 2.05) is 0 Å². The van der Waals surface area contributed by atoms with Crippen molar-refractivity contribution in [3.63, 3.8) is 0 Å². The third kappa shape index (κ3) is 4.52. The first-order chi connectivity index (χ1) is 29.6. The van der Waals surface area contributed by atoms with Crippen molar-refractivity contribution < 1.29 is 0 Å². The SMILES string of the molecule is CC1C=CC=C2C1c1ccc3c4ccccc4n(-c4nc(Cl)nc(-n5c6ccccc6c6ccc7c8ccccc8n(-c8ccccc8)c7c65)n4)c3c1N2c1ccccc1. The maximum Gasteiger partial charge on any atom is 0.240 e. The van der Waals surface area contributed by atoms with Crippen LogP contribution in [0.15, 0.2) is 182 Å². The van der Waals surface area contributed by atoms with E-state index in [0.717, 1.165) is 77.1 Å². The molecule has 0 N–H and O–H groups in total. The second kappa shape index (κ2) is 12.5. The predicted octanol–water partition coefficient (Wildman–Crippen LogP) is 13.1. The van der Waals surface area contributed by atoms with Gasteiger partial charge in [0.05, 0.1) is 38.8 Å². The summed E-state index contributed by atoms with van der Waals surface area (Å²) in [6.07, 6.45) is 6.78. The van der Waals surface area contributed by atoms with E-state index in [4.69, 9.17) is 26.6 Å². The molecule has 0 bridgehead atoms. The number of fused-ring (bicyclic) bond motifs is 14. The molecule has 7 aromatic carbocycles. The van der Waals surface area contributed by atoms with Crippen molar-refractivity contribution in [2.24, 2.45) is 5.92 Å². The van der Waals surface area contributed by atoms with Crippen LogP contribution in [0.5, 0.6) is 0 Å². The van der Waals surface area contributed by atoms with Crippen molar-refractivity contribution in [2.45, 2.75) is 12.8 Å². The standard InChI is InChI=1S/C52H34ClN7/c1-31-15-14-26-44-45(31)40-30-29-39-36-22-10-13-25-43(36)60(48(39)49(40)58(44)33-18-6-3-7-19-33)52-55-50(53)54-51(56-52)59-42-24-12-9-21-35(42)38-28-27-37-34-20-8-11-23-41(34)57(46(37)47(38)59)32-16-4-2-5-17-32/h2-31,45H,1H3. The summed E-state index contributed by atoms with van der Waals surface area (Å²) < 4.78 is 6.76. The Hall–Kier alpha value is -7.48. The van der Waals surface area contributed by atoms with Gasteiger partial charge in [-0.25, -0.2) is 0 Å². The number of halogens is 1. The van der Waals surface area contributed by atoms with Gasteiger partial charge in [-0.15, -0.1) is 0 Å². The third-order valence-electron chi connectivity index (χ3n) is 12.7. The molecular formula is C52H34ClN7. The van der Waals surface area contributed by atoms with Gasteiger partial charge in [-0.05, 0) is 71.6 Å². The first-order valence-electron chi connectivity index (χ1n) is 20.4. The van der Waals surface area contributed by atoms with Gasteiger partial charge in [0.1, 0.15) is 0 Å². The fraction of sp³-hybridized carbons (Fsp3) is 0.0577. The fourth-order valence-electron chi connectivity index (χ4n) is 10.3. The molecule has 60 heavy (non-hydrogen) atoms. The summed E-state index contributed by atoms with van der Waals surface area (Å²) in [4.78, 5) is 17.9. The van der Waals surface area contributed by atoms with Crippen LogP contribution in [-0.4, -0.2) is 28.7 Å².